The molecule has 1 aromatic heterocycles. The van der Waals surface area contributed by atoms with Gasteiger partial charge < -0.3 is 9.88 Å². The molecule has 3 heteroatoms. The van der Waals surface area contributed by atoms with E-state index in [9.17, 15) is 4.79 Å². The Morgan fingerprint density at radius 1 is 1.33 bits per heavy atom. The smallest absolute Gasteiger partial charge is 0.256 e. The quantitative estimate of drug-likeness (QED) is 0.819. The molecule has 2 aromatic rings. The van der Waals surface area contributed by atoms with Crippen molar-refractivity contribution in [1.29, 1.82) is 0 Å². The van der Waals surface area contributed by atoms with E-state index in [0.717, 1.165) is 35.9 Å². The zero-order valence-corrected chi connectivity index (χ0v) is 10.6. The number of amides is 1. The number of aromatic amines is 1. The molecule has 0 bridgehead atoms. The van der Waals surface area contributed by atoms with Crippen LogP contribution in [0.1, 0.15) is 36.5 Å². The number of fused-ring (bicyclic) bond motifs is 1. The van der Waals surface area contributed by atoms with E-state index < -0.39 is 0 Å². The van der Waals surface area contributed by atoms with Gasteiger partial charge in [-0.05, 0) is 38.3 Å². The van der Waals surface area contributed by atoms with Crippen molar-refractivity contribution in [2.75, 3.05) is 6.54 Å². The lowest BCUT2D eigenvalue weighted by atomic mass is 10.0. The van der Waals surface area contributed by atoms with Gasteiger partial charge in [-0.1, -0.05) is 12.1 Å². The number of nitrogens with zero attached hydrogens (tertiary/aromatic N) is 1. The first-order valence-corrected chi connectivity index (χ1v) is 6.64. The molecule has 1 saturated heterocycles. The highest BCUT2D eigenvalue weighted by molar-refractivity contribution is 6.05. The molecule has 94 valence electrons. The van der Waals surface area contributed by atoms with Crippen LogP contribution in [0, 0.1) is 0 Å². The Balaban J connectivity index is 1.98. The number of likely N-dealkylation sites (tertiary alicyclic amines) is 1. The Bertz CT molecular complexity index is 573. The molecule has 1 unspecified atom stereocenters. The van der Waals surface area contributed by atoms with Crippen molar-refractivity contribution in [3.05, 3.63) is 36.0 Å². The van der Waals surface area contributed by atoms with E-state index in [4.69, 9.17) is 0 Å². The Hall–Kier alpha value is -1.77. The maximum atomic E-state index is 12.6. The minimum Gasteiger partial charge on any atom is -0.361 e. The number of carbonyl (C=O) groups is 1. The molecule has 3 rings (SSSR count). The summed E-state index contributed by atoms with van der Waals surface area (Å²) in [7, 11) is 0. The first kappa shape index (κ1) is 11.3. The lowest BCUT2D eigenvalue weighted by Gasteiger charge is -2.33. The fraction of sp³-hybridized carbons (Fsp3) is 0.400. The largest absolute Gasteiger partial charge is 0.361 e. The summed E-state index contributed by atoms with van der Waals surface area (Å²) in [5.74, 6) is 0.162. The molecule has 1 atom stereocenters. The molecule has 3 nitrogen and oxygen atoms in total. The molecular weight excluding hydrogens is 224 g/mol. The Labute approximate surface area is 107 Å². The molecule has 0 saturated carbocycles. The predicted molar refractivity (Wildman–Crippen MR) is 72.6 cm³/mol. The van der Waals surface area contributed by atoms with Crippen LogP contribution in [-0.4, -0.2) is 28.4 Å². The van der Waals surface area contributed by atoms with Gasteiger partial charge in [0.25, 0.3) is 5.91 Å². The molecule has 0 aliphatic carbocycles. The molecule has 1 N–H and O–H groups in total. The minimum atomic E-state index is 0.162. The van der Waals surface area contributed by atoms with E-state index in [1.54, 1.807) is 0 Å². The third-order valence-corrected chi connectivity index (χ3v) is 3.88. The SMILES string of the molecule is CC1CCCCN1C(=O)c1cccc2cc[nH]c12. The number of nitrogens with one attached hydrogen (secondary N) is 1. The lowest BCUT2D eigenvalue weighted by molar-refractivity contribution is 0.0637. The van der Waals surface area contributed by atoms with Crippen molar-refractivity contribution in [2.45, 2.75) is 32.2 Å². The van der Waals surface area contributed by atoms with Crippen molar-refractivity contribution >= 4 is 16.8 Å². The number of aromatic nitrogens is 1. The van der Waals surface area contributed by atoms with Gasteiger partial charge in [0.1, 0.15) is 0 Å². The summed E-state index contributed by atoms with van der Waals surface area (Å²) in [5, 5.41) is 1.10. The van der Waals surface area contributed by atoms with E-state index in [1.165, 1.54) is 6.42 Å². The second-order valence-electron chi connectivity index (χ2n) is 5.09. The Morgan fingerprint density at radius 2 is 2.22 bits per heavy atom. The monoisotopic (exact) mass is 242 g/mol. The summed E-state index contributed by atoms with van der Waals surface area (Å²) in [6, 6.07) is 8.27. The van der Waals surface area contributed by atoms with E-state index >= 15 is 0 Å². The summed E-state index contributed by atoms with van der Waals surface area (Å²) in [6.45, 7) is 3.03. The van der Waals surface area contributed by atoms with Crippen molar-refractivity contribution in [3.8, 4) is 0 Å². The molecule has 1 amide bonds. The Kier molecular flexibility index (Phi) is 2.82. The standard InChI is InChI=1S/C15H18N2O/c1-11-5-2-3-10-17(11)15(18)13-7-4-6-12-8-9-16-14(12)13/h4,6-9,11,16H,2-3,5,10H2,1H3. The average Bonchev–Trinajstić information content (AvgIpc) is 2.86. The number of hydrogen-bond acceptors (Lipinski definition) is 1. The summed E-state index contributed by atoms with van der Waals surface area (Å²) >= 11 is 0. The number of H-pyrrole nitrogens is 1. The molecule has 1 aromatic carbocycles. The van der Waals surface area contributed by atoms with Gasteiger partial charge in [0.15, 0.2) is 0 Å². The van der Waals surface area contributed by atoms with Crippen LogP contribution < -0.4 is 0 Å². The van der Waals surface area contributed by atoms with Crippen LogP contribution in [-0.2, 0) is 0 Å². The van der Waals surface area contributed by atoms with Gasteiger partial charge in [0.05, 0.1) is 11.1 Å². The van der Waals surface area contributed by atoms with Gasteiger partial charge in [-0.2, -0.15) is 0 Å². The molecule has 1 aliphatic heterocycles. The van der Waals surface area contributed by atoms with Crippen LogP contribution in [0.4, 0.5) is 0 Å². The molecule has 2 heterocycles. The third kappa shape index (κ3) is 1.80. The molecule has 0 spiro atoms. The number of benzene rings is 1. The van der Waals surface area contributed by atoms with Crippen molar-refractivity contribution in [2.24, 2.45) is 0 Å². The lowest BCUT2D eigenvalue weighted by Crippen LogP contribution is -2.42. The van der Waals surface area contributed by atoms with Crippen LogP contribution in [0.5, 0.6) is 0 Å². The van der Waals surface area contributed by atoms with Gasteiger partial charge in [-0.15, -0.1) is 0 Å². The van der Waals surface area contributed by atoms with Crippen molar-refractivity contribution < 1.29 is 4.79 Å². The zero-order chi connectivity index (χ0) is 12.5. The second kappa shape index (κ2) is 4.48. The topological polar surface area (TPSA) is 36.1 Å². The maximum absolute atomic E-state index is 12.6. The third-order valence-electron chi connectivity index (χ3n) is 3.88. The van der Waals surface area contributed by atoms with Gasteiger partial charge in [-0.25, -0.2) is 0 Å². The predicted octanol–water partition coefficient (Wildman–Crippen LogP) is 3.18. The normalized spacial score (nSPS) is 20.3. The number of carbonyl (C=O) groups excluding carboxylic acids is 1. The number of rotatable bonds is 1. The maximum Gasteiger partial charge on any atom is 0.256 e. The number of para-hydroxylation sites is 1. The first-order chi connectivity index (χ1) is 8.77. The van der Waals surface area contributed by atoms with Crippen LogP contribution in [0.15, 0.2) is 30.5 Å². The fourth-order valence-electron chi connectivity index (χ4n) is 2.82. The van der Waals surface area contributed by atoms with Crippen molar-refractivity contribution in [1.82, 2.24) is 9.88 Å². The molecular formula is C15H18N2O. The van der Waals surface area contributed by atoms with Crippen molar-refractivity contribution in [3.63, 3.8) is 0 Å². The summed E-state index contributed by atoms with van der Waals surface area (Å²) in [6.07, 6.45) is 5.36. The van der Waals surface area contributed by atoms with E-state index in [-0.39, 0.29) is 5.91 Å². The summed E-state index contributed by atoms with van der Waals surface area (Å²) in [5.41, 5.74) is 1.76. The summed E-state index contributed by atoms with van der Waals surface area (Å²) in [4.78, 5) is 17.8. The second-order valence-corrected chi connectivity index (χ2v) is 5.09. The molecule has 1 aliphatic rings. The van der Waals surface area contributed by atoms with Gasteiger partial charge >= 0.3 is 0 Å². The fourth-order valence-corrected chi connectivity index (χ4v) is 2.82. The zero-order valence-electron chi connectivity index (χ0n) is 10.6. The summed E-state index contributed by atoms with van der Waals surface area (Å²) < 4.78 is 0. The van der Waals surface area contributed by atoms with Crippen LogP contribution in [0.25, 0.3) is 10.9 Å². The number of hydrogen-bond donors (Lipinski definition) is 1. The highest BCUT2D eigenvalue weighted by Crippen LogP contribution is 2.23. The van der Waals surface area contributed by atoms with Crippen LogP contribution >= 0.6 is 0 Å². The van der Waals surface area contributed by atoms with E-state index in [1.807, 2.05) is 35.4 Å². The molecule has 0 radical (unpaired) electrons. The number of piperidine rings is 1. The molecule has 18 heavy (non-hydrogen) atoms. The van der Waals surface area contributed by atoms with E-state index in [2.05, 4.69) is 11.9 Å². The van der Waals surface area contributed by atoms with Gasteiger partial charge in [0.2, 0.25) is 0 Å². The van der Waals surface area contributed by atoms with E-state index in [0.29, 0.717) is 6.04 Å². The average molecular weight is 242 g/mol. The highest BCUT2D eigenvalue weighted by atomic mass is 16.2. The molecule has 1 fully saturated rings. The van der Waals surface area contributed by atoms with Crippen LogP contribution in [0.3, 0.4) is 0 Å². The highest BCUT2D eigenvalue weighted by Gasteiger charge is 2.25. The Morgan fingerprint density at radius 3 is 3.06 bits per heavy atom. The van der Waals surface area contributed by atoms with Gasteiger partial charge in [0, 0.05) is 24.2 Å². The van der Waals surface area contributed by atoms with Crippen LogP contribution in [0.2, 0.25) is 0 Å². The first-order valence-electron chi connectivity index (χ1n) is 6.64. The minimum absolute atomic E-state index is 0.162. The van der Waals surface area contributed by atoms with Gasteiger partial charge in [-0.3, -0.25) is 4.79 Å².